The number of hydrogen-bond donors (Lipinski definition) is 1. The third kappa shape index (κ3) is 3.49. The SMILES string of the molecule is Cl.O=C(O)c1ccc2ncnc(-c3ccc4c(cnn4Cc4ccccc4)c3)c2c1. The van der Waals surface area contributed by atoms with Gasteiger partial charge in [0.1, 0.15) is 6.33 Å². The highest BCUT2D eigenvalue weighted by Gasteiger charge is 2.12. The number of rotatable bonds is 4. The van der Waals surface area contributed by atoms with Crippen LogP contribution >= 0.6 is 12.4 Å². The molecule has 2 aromatic heterocycles. The first-order valence-electron chi connectivity index (χ1n) is 9.17. The van der Waals surface area contributed by atoms with Gasteiger partial charge in [-0.15, -0.1) is 12.4 Å². The molecule has 3 aromatic carbocycles. The van der Waals surface area contributed by atoms with Crippen LogP contribution in [-0.4, -0.2) is 30.8 Å². The van der Waals surface area contributed by atoms with E-state index < -0.39 is 5.97 Å². The number of benzene rings is 3. The molecule has 6 nitrogen and oxygen atoms in total. The zero-order chi connectivity index (χ0) is 19.8. The Morgan fingerprint density at radius 2 is 1.80 bits per heavy atom. The molecule has 0 aliphatic carbocycles. The highest BCUT2D eigenvalue weighted by atomic mass is 35.5. The van der Waals surface area contributed by atoms with E-state index in [-0.39, 0.29) is 18.0 Å². The molecule has 0 saturated carbocycles. The van der Waals surface area contributed by atoms with Crippen LogP contribution in [0.1, 0.15) is 15.9 Å². The molecular formula is C23H17ClN4O2. The Labute approximate surface area is 178 Å². The largest absolute Gasteiger partial charge is 0.478 e. The van der Waals surface area contributed by atoms with Crippen LogP contribution in [0.25, 0.3) is 33.1 Å². The lowest BCUT2D eigenvalue weighted by Crippen LogP contribution is -2.01. The van der Waals surface area contributed by atoms with Gasteiger partial charge >= 0.3 is 5.97 Å². The molecule has 7 heteroatoms. The number of halogens is 1. The number of aromatic nitrogens is 4. The molecule has 0 aliphatic rings. The molecule has 1 N–H and O–H groups in total. The number of carbonyl (C=O) groups is 1. The number of carboxylic acids is 1. The molecule has 5 aromatic rings. The number of fused-ring (bicyclic) bond motifs is 2. The second kappa shape index (κ2) is 7.93. The van der Waals surface area contributed by atoms with Crippen molar-refractivity contribution in [3.63, 3.8) is 0 Å². The smallest absolute Gasteiger partial charge is 0.335 e. The highest BCUT2D eigenvalue weighted by molar-refractivity contribution is 5.99. The van der Waals surface area contributed by atoms with Crippen molar-refractivity contribution in [1.29, 1.82) is 0 Å². The Morgan fingerprint density at radius 1 is 0.967 bits per heavy atom. The monoisotopic (exact) mass is 416 g/mol. The minimum absolute atomic E-state index is 0. The summed E-state index contributed by atoms with van der Waals surface area (Å²) in [5.41, 5.74) is 4.74. The first-order chi connectivity index (χ1) is 14.2. The number of hydrogen-bond acceptors (Lipinski definition) is 4. The van der Waals surface area contributed by atoms with Gasteiger partial charge in [0, 0.05) is 16.3 Å². The van der Waals surface area contributed by atoms with E-state index in [1.54, 1.807) is 18.2 Å². The van der Waals surface area contributed by atoms with Crippen LogP contribution in [0.5, 0.6) is 0 Å². The van der Waals surface area contributed by atoms with Crippen molar-refractivity contribution >= 4 is 40.2 Å². The lowest BCUT2D eigenvalue weighted by molar-refractivity contribution is 0.0697. The van der Waals surface area contributed by atoms with Crippen LogP contribution in [0, 0.1) is 0 Å². The van der Waals surface area contributed by atoms with Gasteiger partial charge in [-0.25, -0.2) is 14.8 Å². The van der Waals surface area contributed by atoms with Gasteiger partial charge in [-0.2, -0.15) is 5.10 Å². The van der Waals surface area contributed by atoms with Crippen molar-refractivity contribution in [3.8, 4) is 11.3 Å². The molecule has 0 aliphatic heterocycles. The van der Waals surface area contributed by atoms with Gasteiger partial charge in [0.15, 0.2) is 0 Å². The summed E-state index contributed by atoms with van der Waals surface area (Å²) in [6, 6.07) is 21.1. The molecule has 0 bridgehead atoms. The van der Waals surface area contributed by atoms with Gasteiger partial charge in [-0.1, -0.05) is 36.4 Å². The van der Waals surface area contributed by atoms with Crippen molar-refractivity contribution in [2.45, 2.75) is 6.54 Å². The Morgan fingerprint density at radius 3 is 2.60 bits per heavy atom. The van der Waals surface area contributed by atoms with Crippen LogP contribution in [0.3, 0.4) is 0 Å². The highest BCUT2D eigenvalue weighted by Crippen LogP contribution is 2.29. The zero-order valence-electron chi connectivity index (χ0n) is 15.8. The molecular weight excluding hydrogens is 400 g/mol. The number of carboxylic acid groups (broad SMARTS) is 1. The first-order valence-corrected chi connectivity index (χ1v) is 9.17. The molecule has 0 fully saturated rings. The molecule has 0 amide bonds. The summed E-state index contributed by atoms with van der Waals surface area (Å²) in [5.74, 6) is -0.973. The molecule has 148 valence electrons. The van der Waals surface area contributed by atoms with Crippen molar-refractivity contribution < 1.29 is 9.90 Å². The third-order valence-corrected chi connectivity index (χ3v) is 4.97. The summed E-state index contributed by atoms with van der Waals surface area (Å²) in [4.78, 5) is 20.1. The van der Waals surface area contributed by atoms with E-state index in [1.807, 2.05) is 47.3 Å². The van der Waals surface area contributed by atoms with E-state index in [4.69, 9.17) is 0 Å². The van der Waals surface area contributed by atoms with Crippen LogP contribution < -0.4 is 0 Å². The molecule has 2 heterocycles. The maximum Gasteiger partial charge on any atom is 0.335 e. The third-order valence-electron chi connectivity index (χ3n) is 4.97. The zero-order valence-corrected chi connectivity index (χ0v) is 16.6. The van der Waals surface area contributed by atoms with E-state index in [0.29, 0.717) is 23.1 Å². The first kappa shape index (κ1) is 19.5. The van der Waals surface area contributed by atoms with E-state index >= 15 is 0 Å². The van der Waals surface area contributed by atoms with Gasteiger partial charge in [0.2, 0.25) is 0 Å². The van der Waals surface area contributed by atoms with Gasteiger partial charge in [0.25, 0.3) is 0 Å². The summed E-state index contributed by atoms with van der Waals surface area (Å²) in [5, 5.41) is 15.6. The average molecular weight is 417 g/mol. The Balaban J connectivity index is 0.00000218. The predicted octanol–water partition coefficient (Wildman–Crippen LogP) is 4.81. The van der Waals surface area contributed by atoms with Crippen LogP contribution in [0.2, 0.25) is 0 Å². The summed E-state index contributed by atoms with van der Waals surface area (Å²) in [7, 11) is 0. The standard InChI is InChI=1S/C23H16N4O2.ClH/c28-23(29)17-6-8-20-19(11-17)22(25-14-24-20)16-7-9-21-18(10-16)12-26-27(21)13-15-4-2-1-3-5-15;/h1-12,14H,13H2,(H,28,29);1H. The van der Waals surface area contributed by atoms with E-state index in [2.05, 4.69) is 27.2 Å². The van der Waals surface area contributed by atoms with Gasteiger partial charge in [-0.05, 0) is 35.9 Å². The lowest BCUT2D eigenvalue weighted by atomic mass is 10.0. The quantitative estimate of drug-likeness (QED) is 0.454. The molecule has 0 radical (unpaired) electrons. The molecule has 0 spiro atoms. The van der Waals surface area contributed by atoms with E-state index in [9.17, 15) is 9.90 Å². The van der Waals surface area contributed by atoms with Gasteiger partial charge < -0.3 is 5.11 Å². The molecule has 0 unspecified atom stereocenters. The van der Waals surface area contributed by atoms with Crippen molar-refractivity contribution in [1.82, 2.24) is 19.7 Å². The van der Waals surface area contributed by atoms with Crippen molar-refractivity contribution in [3.05, 3.63) is 90.4 Å². The van der Waals surface area contributed by atoms with Gasteiger partial charge in [-0.3, -0.25) is 4.68 Å². The van der Waals surface area contributed by atoms with Crippen molar-refractivity contribution in [2.75, 3.05) is 0 Å². The Kier molecular flexibility index (Phi) is 5.16. The second-order valence-corrected chi connectivity index (χ2v) is 6.82. The number of nitrogens with zero attached hydrogens (tertiary/aromatic N) is 4. The molecule has 30 heavy (non-hydrogen) atoms. The molecule has 5 rings (SSSR count). The second-order valence-electron chi connectivity index (χ2n) is 6.82. The van der Waals surface area contributed by atoms with Crippen LogP contribution in [0.15, 0.2) is 79.3 Å². The van der Waals surface area contributed by atoms with Crippen LogP contribution in [0.4, 0.5) is 0 Å². The van der Waals surface area contributed by atoms with Crippen molar-refractivity contribution in [2.24, 2.45) is 0 Å². The maximum absolute atomic E-state index is 11.4. The number of aromatic carboxylic acids is 1. The predicted molar refractivity (Wildman–Crippen MR) is 118 cm³/mol. The van der Waals surface area contributed by atoms with Crippen LogP contribution in [-0.2, 0) is 6.54 Å². The van der Waals surface area contributed by atoms with E-state index in [0.717, 1.165) is 16.5 Å². The lowest BCUT2D eigenvalue weighted by Gasteiger charge is -2.07. The Bertz CT molecular complexity index is 1370. The van der Waals surface area contributed by atoms with E-state index in [1.165, 1.54) is 11.9 Å². The molecule has 0 atom stereocenters. The average Bonchev–Trinajstić information content (AvgIpc) is 3.15. The summed E-state index contributed by atoms with van der Waals surface area (Å²) < 4.78 is 1.97. The summed E-state index contributed by atoms with van der Waals surface area (Å²) in [6.07, 6.45) is 3.34. The van der Waals surface area contributed by atoms with Gasteiger partial charge in [0.05, 0.1) is 35.0 Å². The summed E-state index contributed by atoms with van der Waals surface area (Å²) in [6.45, 7) is 0.697. The minimum Gasteiger partial charge on any atom is -0.478 e. The maximum atomic E-state index is 11.4. The molecule has 0 saturated heterocycles. The Hall–Kier alpha value is -3.77. The fraction of sp³-hybridized carbons (Fsp3) is 0.0435. The fourth-order valence-corrected chi connectivity index (χ4v) is 3.54. The normalized spacial score (nSPS) is 10.8. The minimum atomic E-state index is -0.973. The fourth-order valence-electron chi connectivity index (χ4n) is 3.54. The topological polar surface area (TPSA) is 80.9 Å². The summed E-state index contributed by atoms with van der Waals surface area (Å²) >= 11 is 0.